The molecule has 1 aromatic rings. The van der Waals surface area contributed by atoms with Crippen molar-refractivity contribution in [1.29, 1.82) is 0 Å². The second-order valence-electron chi connectivity index (χ2n) is 3.69. The molecule has 1 aromatic carbocycles. The van der Waals surface area contributed by atoms with E-state index >= 15 is 0 Å². The van der Waals surface area contributed by atoms with Crippen molar-refractivity contribution < 1.29 is 4.39 Å². The first-order valence-corrected chi connectivity index (χ1v) is 5.02. The van der Waals surface area contributed by atoms with Crippen LogP contribution < -0.4 is 0 Å². The Kier molecular flexibility index (Phi) is 4.86. The van der Waals surface area contributed by atoms with Crippen molar-refractivity contribution in [2.75, 3.05) is 20.1 Å². The van der Waals surface area contributed by atoms with Gasteiger partial charge in [0.15, 0.2) is 0 Å². The van der Waals surface area contributed by atoms with E-state index in [2.05, 4.69) is 5.92 Å². The molecule has 15 heavy (non-hydrogen) atoms. The molecule has 0 saturated heterocycles. The molecule has 0 N–H and O–H groups in total. The molecule has 0 heterocycles. The highest BCUT2D eigenvalue weighted by Crippen LogP contribution is 2.06. The Morgan fingerprint density at radius 2 is 2.07 bits per heavy atom. The Morgan fingerprint density at radius 1 is 1.40 bits per heavy atom. The molecule has 0 unspecified atom stereocenters. The molecule has 0 spiro atoms. The summed E-state index contributed by atoms with van der Waals surface area (Å²) in [5, 5.41) is 0. The van der Waals surface area contributed by atoms with Gasteiger partial charge in [-0.05, 0) is 12.6 Å². The highest BCUT2D eigenvalue weighted by Gasteiger charge is 2.09. The van der Waals surface area contributed by atoms with Crippen molar-refractivity contribution in [3.8, 4) is 12.3 Å². The number of terminal acetylenes is 1. The summed E-state index contributed by atoms with van der Waals surface area (Å²) in [7, 11) is 1.83. The van der Waals surface area contributed by atoms with Crippen molar-refractivity contribution in [2.24, 2.45) is 0 Å². The molecule has 0 saturated carbocycles. The maximum Gasteiger partial charge on any atom is 0.117 e. The van der Waals surface area contributed by atoms with Gasteiger partial charge in [0.05, 0.1) is 6.54 Å². The van der Waals surface area contributed by atoms with Crippen molar-refractivity contribution in [3.05, 3.63) is 35.9 Å². The highest BCUT2D eigenvalue weighted by atomic mass is 19.1. The first kappa shape index (κ1) is 11.7. The van der Waals surface area contributed by atoms with Crippen LogP contribution in [0.5, 0.6) is 0 Å². The van der Waals surface area contributed by atoms with E-state index in [1.807, 2.05) is 42.3 Å². The summed E-state index contributed by atoms with van der Waals surface area (Å²) in [5.74, 6) is 2.50. The van der Waals surface area contributed by atoms with Crippen molar-refractivity contribution in [2.45, 2.75) is 12.6 Å². The van der Waals surface area contributed by atoms with E-state index in [-0.39, 0.29) is 0 Å². The molecule has 1 atom stereocenters. The second-order valence-corrected chi connectivity index (χ2v) is 3.69. The summed E-state index contributed by atoms with van der Waals surface area (Å²) >= 11 is 0. The standard InChI is InChI=1S/C13H16FN/c1-3-9-15(2)11-13(14)10-12-7-5-4-6-8-12/h1,4-8,13H,9-11H2,2H3/t13-/m1/s1. The lowest BCUT2D eigenvalue weighted by Gasteiger charge is -2.16. The van der Waals surface area contributed by atoms with Gasteiger partial charge in [-0.15, -0.1) is 6.42 Å². The van der Waals surface area contributed by atoms with Gasteiger partial charge < -0.3 is 0 Å². The summed E-state index contributed by atoms with van der Waals surface area (Å²) < 4.78 is 13.6. The summed E-state index contributed by atoms with van der Waals surface area (Å²) in [6, 6.07) is 9.66. The molecular formula is C13H16FN. The molecule has 1 nitrogen and oxygen atoms in total. The van der Waals surface area contributed by atoms with Crippen LogP contribution >= 0.6 is 0 Å². The number of hydrogen-bond donors (Lipinski definition) is 0. The maximum absolute atomic E-state index is 13.6. The third-order valence-corrected chi connectivity index (χ3v) is 2.17. The fraction of sp³-hybridized carbons (Fsp3) is 0.385. The number of rotatable bonds is 5. The number of halogens is 1. The zero-order valence-corrected chi connectivity index (χ0v) is 8.99. The van der Waals surface area contributed by atoms with Crippen LogP contribution in [0.2, 0.25) is 0 Å². The molecular weight excluding hydrogens is 189 g/mol. The minimum atomic E-state index is -0.856. The van der Waals surface area contributed by atoms with E-state index in [9.17, 15) is 4.39 Å². The van der Waals surface area contributed by atoms with Crippen LogP contribution in [0.1, 0.15) is 5.56 Å². The van der Waals surface area contributed by atoms with E-state index in [0.717, 1.165) is 5.56 Å². The first-order valence-electron chi connectivity index (χ1n) is 5.02. The molecule has 0 fully saturated rings. The molecule has 0 aliphatic heterocycles. The van der Waals surface area contributed by atoms with E-state index in [4.69, 9.17) is 6.42 Å². The highest BCUT2D eigenvalue weighted by molar-refractivity contribution is 5.15. The molecule has 1 rings (SSSR count). The predicted octanol–water partition coefficient (Wildman–Crippen LogP) is 2.13. The van der Waals surface area contributed by atoms with Crippen LogP contribution in [-0.2, 0) is 6.42 Å². The Balaban J connectivity index is 2.37. The predicted molar refractivity (Wildman–Crippen MR) is 61.4 cm³/mol. The third kappa shape index (κ3) is 4.62. The zero-order valence-electron chi connectivity index (χ0n) is 8.99. The Bertz CT molecular complexity index is 315. The SMILES string of the molecule is C#CCN(C)C[C@H](F)Cc1ccccc1. The summed E-state index contributed by atoms with van der Waals surface area (Å²) in [4.78, 5) is 1.81. The Morgan fingerprint density at radius 3 is 2.67 bits per heavy atom. The zero-order chi connectivity index (χ0) is 11.1. The number of alkyl halides is 1. The van der Waals surface area contributed by atoms with Crippen molar-refractivity contribution >= 4 is 0 Å². The van der Waals surface area contributed by atoms with Crippen LogP contribution in [0.25, 0.3) is 0 Å². The second kappa shape index (κ2) is 6.21. The molecule has 0 amide bonds. The van der Waals surface area contributed by atoms with Crippen LogP contribution in [0, 0.1) is 12.3 Å². The molecule has 2 heteroatoms. The lowest BCUT2D eigenvalue weighted by molar-refractivity contribution is 0.234. The summed E-state index contributed by atoms with van der Waals surface area (Å²) in [6.07, 6.45) is 4.74. The van der Waals surface area contributed by atoms with E-state index in [1.54, 1.807) is 0 Å². The number of nitrogens with zero attached hydrogens (tertiary/aromatic N) is 1. The van der Waals surface area contributed by atoms with Crippen molar-refractivity contribution in [3.63, 3.8) is 0 Å². The topological polar surface area (TPSA) is 3.24 Å². The van der Waals surface area contributed by atoms with E-state index in [1.165, 1.54) is 0 Å². The molecule has 0 radical (unpaired) electrons. The summed E-state index contributed by atoms with van der Waals surface area (Å²) in [5.41, 5.74) is 1.03. The first-order chi connectivity index (χ1) is 7.22. The van der Waals surface area contributed by atoms with Gasteiger partial charge in [0.1, 0.15) is 6.17 Å². The maximum atomic E-state index is 13.6. The minimum Gasteiger partial charge on any atom is -0.293 e. The third-order valence-electron chi connectivity index (χ3n) is 2.17. The molecule has 0 bridgehead atoms. The van der Waals surface area contributed by atoms with Crippen molar-refractivity contribution in [1.82, 2.24) is 4.90 Å². The summed E-state index contributed by atoms with van der Waals surface area (Å²) in [6.45, 7) is 0.883. The van der Waals surface area contributed by atoms with Gasteiger partial charge in [-0.25, -0.2) is 4.39 Å². The molecule has 0 aliphatic rings. The van der Waals surface area contributed by atoms with Gasteiger partial charge in [0.2, 0.25) is 0 Å². The smallest absolute Gasteiger partial charge is 0.117 e. The lowest BCUT2D eigenvalue weighted by Crippen LogP contribution is -2.28. The van der Waals surface area contributed by atoms with E-state index in [0.29, 0.717) is 19.5 Å². The fourth-order valence-electron chi connectivity index (χ4n) is 1.49. The van der Waals surface area contributed by atoms with Gasteiger partial charge in [0, 0.05) is 13.0 Å². The quantitative estimate of drug-likeness (QED) is 0.666. The van der Waals surface area contributed by atoms with Gasteiger partial charge in [0.25, 0.3) is 0 Å². The Hall–Kier alpha value is -1.33. The molecule has 80 valence electrons. The Labute approximate surface area is 90.9 Å². The van der Waals surface area contributed by atoms with Gasteiger partial charge in [-0.3, -0.25) is 4.90 Å². The van der Waals surface area contributed by atoms with Crippen LogP contribution in [-0.4, -0.2) is 31.2 Å². The lowest BCUT2D eigenvalue weighted by atomic mass is 10.1. The van der Waals surface area contributed by atoms with Crippen LogP contribution in [0.3, 0.4) is 0 Å². The molecule has 0 aliphatic carbocycles. The fourth-order valence-corrected chi connectivity index (χ4v) is 1.49. The van der Waals surface area contributed by atoms with E-state index < -0.39 is 6.17 Å². The van der Waals surface area contributed by atoms with Crippen LogP contribution in [0.4, 0.5) is 4.39 Å². The average Bonchev–Trinajstić information content (AvgIpc) is 2.19. The average molecular weight is 205 g/mol. The van der Waals surface area contributed by atoms with Crippen LogP contribution in [0.15, 0.2) is 30.3 Å². The van der Waals surface area contributed by atoms with Gasteiger partial charge in [-0.1, -0.05) is 36.3 Å². The molecule has 0 aromatic heterocycles. The van der Waals surface area contributed by atoms with Gasteiger partial charge in [-0.2, -0.15) is 0 Å². The minimum absolute atomic E-state index is 0.388. The number of benzene rings is 1. The van der Waals surface area contributed by atoms with Gasteiger partial charge >= 0.3 is 0 Å². The largest absolute Gasteiger partial charge is 0.293 e. The number of hydrogen-bond acceptors (Lipinski definition) is 1. The monoisotopic (exact) mass is 205 g/mol. The normalized spacial score (nSPS) is 12.4.